The predicted octanol–water partition coefficient (Wildman–Crippen LogP) is 3.39. The van der Waals surface area contributed by atoms with E-state index >= 15 is 0 Å². The van der Waals surface area contributed by atoms with Gasteiger partial charge in [0.15, 0.2) is 0 Å². The number of nitrogens with one attached hydrogen (secondary N) is 1. The highest BCUT2D eigenvalue weighted by Crippen LogP contribution is 2.25. The molecule has 1 fully saturated rings. The van der Waals surface area contributed by atoms with Gasteiger partial charge in [0.1, 0.15) is 12.4 Å². The summed E-state index contributed by atoms with van der Waals surface area (Å²) in [5.41, 5.74) is 2.03. The van der Waals surface area contributed by atoms with E-state index in [2.05, 4.69) is 28.2 Å². The molecular formula is C20H23BrN2O2. The van der Waals surface area contributed by atoms with Crippen molar-refractivity contribution in [2.24, 2.45) is 0 Å². The van der Waals surface area contributed by atoms with Crippen LogP contribution in [0.5, 0.6) is 5.75 Å². The van der Waals surface area contributed by atoms with E-state index in [1.54, 1.807) is 0 Å². The van der Waals surface area contributed by atoms with Crippen LogP contribution in [0.4, 0.5) is 0 Å². The molecule has 1 aliphatic rings. The maximum Gasteiger partial charge on any atom is 0.227 e. The maximum atomic E-state index is 12.7. The Morgan fingerprint density at radius 3 is 2.84 bits per heavy atom. The molecule has 0 unspecified atom stereocenters. The molecular weight excluding hydrogens is 380 g/mol. The second kappa shape index (κ2) is 8.50. The van der Waals surface area contributed by atoms with Gasteiger partial charge in [-0.15, -0.1) is 0 Å². The summed E-state index contributed by atoms with van der Waals surface area (Å²) in [6.07, 6.45) is 0.357. The number of hydrogen-bond acceptors (Lipinski definition) is 3. The van der Waals surface area contributed by atoms with Gasteiger partial charge < -0.3 is 15.0 Å². The molecule has 5 heteroatoms. The van der Waals surface area contributed by atoms with Crippen molar-refractivity contribution in [1.29, 1.82) is 0 Å². The van der Waals surface area contributed by atoms with Crippen molar-refractivity contribution in [3.63, 3.8) is 0 Å². The van der Waals surface area contributed by atoms with Crippen LogP contribution in [0, 0.1) is 0 Å². The van der Waals surface area contributed by atoms with Gasteiger partial charge in [-0.3, -0.25) is 4.79 Å². The first-order valence-electron chi connectivity index (χ1n) is 8.58. The molecule has 25 heavy (non-hydrogen) atoms. The average molecular weight is 403 g/mol. The Morgan fingerprint density at radius 1 is 1.28 bits per heavy atom. The van der Waals surface area contributed by atoms with Gasteiger partial charge in [0.2, 0.25) is 5.91 Å². The molecule has 0 aromatic heterocycles. The Labute approximate surface area is 157 Å². The maximum absolute atomic E-state index is 12.7. The lowest BCUT2D eigenvalue weighted by Crippen LogP contribution is -2.51. The molecule has 0 aliphatic carbocycles. The Balaban J connectivity index is 1.69. The number of carbonyl (C=O) groups excluding carboxylic acids is 1. The third-order valence-corrected chi connectivity index (χ3v) is 4.82. The molecule has 1 saturated heterocycles. The molecule has 0 radical (unpaired) electrons. The van der Waals surface area contributed by atoms with Crippen LogP contribution in [-0.2, 0) is 17.8 Å². The quantitative estimate of drug-likeness (QED) is 0.832. The summed E-state index contributed by atoms with van der Waals surface area (Å²) in [4.78, 5) is 14.6. The number of amides is 1. The van der Waals surface area contributed by atoms with Crippen LogP contribution >= 0.6 is 15.9 Å². The van der Waals surface area contributed by atoms with E-state index in [4.69, 9.17) is 4.74 Å². The normalized spacial score (nSPS) is 17.4. The molecule has 4 nitrogen and oxygen atoms in total. The van der Waals surface area contributed by atoms with E-state index in [9.17, 15) is 4.79 Å². The highest BCUT2D eigenvalue weighted by molar-refractivity contribution is 9.10. The van der Waals surface area contributed by atoms with Crippen LogP contribution in [0.2, 0.25) is 0 Å². The average Bonchev–Trinajstić information content (AvgIpc) is 2.62. The minimum absolute atomic E-state index is 0.149. The Morgan fingerprint density at radius 2 is 2.08 bits per heavy atom. The zero-order valence-corrected chi connectivity index (χ0v) is 16.0. The lowest BCUT2D eigenvalue weighted by Gasteiger charge is -2.32. The van der Waals surface area contributed by atoms with Crippen LogP contribution in [0.3, 0.4) is 0 Å². The van der Waals surface area contributed by atoms with Crippen molar-refractivity contribution < 1.29 is 9.53 Å². The third-order valence-electron chi connectivity index (χ3n) is 4.32. The van der Waals surface area contributed by atoms with Crippen molar-refractivity contribution >= 4 is 21.8 Å². The first-order valence-corrected chi connectivity index (χ1v) is 9.37. The molecule has 132 valence electrons. The smallest absolute Gasteiger partial charge is 0.227 e. The van der Waals surface area contributed by atoms with Gasteiger partial charge in [-0.05, 0) is 30.7 Å². The number of hydrogen-bond donors (Lipinski definition) is 1. The fraction of sp³-hybridized carbons (Fsp3) is 0.350. The molecule has 3 rings (SSSR count). The highest BCUT2D eigenvalue weighted by atomic mass is 79.9. The van der Waals surface area contributed by atoms with Gasteiger partial charge >= 0.3 is 0 Å². The second-order valence-electron chi connectivity index (χ2n) is 6.40. The number of halogens is 1. The van der Waals surface area contributed by atoms with E-state index in [0.717, 1.165) is 41.0 Å². The van der Waals surface area contributed by atoms with E-state index in [-0.39, 0.29) is 5.91 Å². The SMILES string of the molecule is C[C@@H]1CN(C(=O)Cc2cc(Br)ccc2OCc2ccccc2)CCN1. The van der Waals surface area contributed by atoms with Crippen molar-refractivity contribution in [2.75, 3.05) is 19.6 Å². The molecule has 0 bridgehead atoms. The zero-order valence-electron chi connectivity index (χ0n) is 14.4. The summed E-state index contributed by atoms with van der Waals surface area (Å²) >= 11 is 3.50. The van der Waals surface area contributed by atoms with Crippen LogP contribution in [0.1, 0.15) is 18.1 Å². The van der Waals surface area contributed by atoms with Crippen LogP contribution in [0.25, 0.3) is 0 Å². The topological polar surface area (TPSA) is 41.6 Å². The Bertz CT molecular complexity index is 721. The summed E-state index contributed by atoms with van der Waals surface area (Å²) < 4.78 is 6.94. The fourth-order valence-corrected chi connectivity index (χ4v) is 3.40. The van der Waals surface area contributed by atoms with Crippen LogP contribution in [0.15, 0.2) is 53.0 Å². The van der Waals surface area contributed by atoms with Crippen molar-refractivity contribution in [2.45, 2.75) is 26.0 Å². The number of nitrogens with zero attached hydrogens (tertiary/aromatic N) is 1. The lowest BCUT2D eigenvalue weighted by atomic mass is 10.1. The molecule has 1 amide bonds. The third kappa shape index (κ3) is 5.06. The van der Waals surface area contributed by atoms with Gasteiger partial charge in [-0.25, -0.2) is 0 Å². The number of rotatable bonds is 5. The van der Waals surface area contributed by atoms with Crippen molar-refractivity contribution in [3.8, 4) is 5.75 Å². The Kier molecular flexibility index (Phi) is 6.10. The summed E-state index contributed by atoms with van der Waals surface area (Å²) in [7, 11) is 0. The van der Waals surface area contributed by atoms with Gasteiger partial charge in [-0.2, -0.15) is 0 Å². The molecule has 0 spiro atoms. The molecule has 0 saturated carbocycles. The monoisotopic (exact) mass is 402 g/mol. The minimum Gasteiger partial charge on any atom is -0.489 e. The van der Waals surface area contributed by atoms with Gasteiger partial charge in [0.25, 0.3) is 0 Å². The molecule has 2 aromatic carbocycles. The predicted molar refractivity (Wildman–Crippen MR) is 103 cm³/mol. The summed E-state index contributed by atoms with van der Waals surface area (Å²) in [5.74, 6) is 0.916. The first-order chi connectivity index (χ1) is 12.1. The minimum atomic E-state index is 0.149. The van der Waals surface area contributed by atoms with E-state index in [1.807, 2.05) is 53.4 Å². The number of benzene rings is 2. The van der Waals surface area contributed by atoms with Crippen LogP contribution < -0.4 is 10.1 Å². The van der Waals surface area contributed by atoms with Gasteiger partial charge in [-0.1, -0.05) is 46.3 Å². The number of ether oxygens (including phenoxy) is 1. The van der Waals surface area contributed by atoms with Crippen LogP contribution in [-0.4, -0.2) is 36.5 Å². The van der Waals surface area contributed by atoms with E-state index in [0.29, 0.717) is 19.1 Å². The van der Waals surface area contributed by atoms with Gasteiger partial charge in [0, 0.05) is 35.7 Å². The van der Waals surface area contributed by atoms with Gasteiger partial charge in [0.05, 0.1) is 6.42 Å². The Hall–Kier alpha value is -1.85. The number of piperazine rings is 1. The summed E-state index contributed by atoms with van der Waals surface area (Å²) in [5, 5.41) is 3.36. The largest absolute Gasteiger partial charge is 0.489 e. The van der Waals surface area contributed by atoms with Crippen molar-refractivity contribution in [1.82, 2.24) is 10.2 Å². The fourth-order valence-electron chi connectivity index (χ4n) is 3.00. The first kappa shape index (κ1) is 18.0. The summed E-state index contributed by atoms with van der Waals surface area (Å²) in [6, 6.07) is 16.2. The standard InChI is InChI=1S/C20H23BrN2O2/c1-15-13-23(10-9-22-15)20(24)12-17-11-18(21)7-8-19(17)25-14-16-5-3-2-4-6-16/h2-8,11,15,22H,9-10,12-14H2,1H3/t15-/m1/s1. The molecule has 1 atom stereocenters. The highest BCUT2D eigenvalue weighted by Gasteiger charge is 2.21. The second-order valence-corrected chi connectivity index (χ2v) is 7.31. The zero-order chi connectivity index (χ0) is 17.6. The van der Waals surface area contributed by atoms with E-state index < -0.39 is 0 Å². The summed E-state index contributed by atoms with van der Waals surface area (Å²) in [6.45, 7) is 4.97. The molecule has 2 aromatic rings. The molecule has 1 heterocycles. The van der Waals surface area contributed by atoms with Crippen molar-refractivity contribution in [3.05, 3.63) is 64.1 Å². The lowest BCUT2D eigenvalue weighted by molar-refractivity contribution is -0.131. The number of carbonyl (C=O) groups is 1. The molecule has 1 aliphatic heterocycles. The molecule has 1 N–H and O–H groups in total. The van der Waals surface area contributed by atoms with E-state index in [1.165, 1.54) is 0 Å².